The highest BCUT2D eigenvalue weighted by molar-refractivity contribution is 5.90. The van der Waals surface area contributed by atoms with Crippen LogP contribution in [-0.4, -0.2) is 30.4 Å². The zero-order valence-electron chi connectivity index (χ0n) is 9.25. The Kier molecular flexibility index (Phi) is 1.74. The summed E-state index contributed by atoms with van der Waals surface area (Å²) in [5.74, 6) is 0.764. The van der Waals surface area contributed by atoms with Crippen molar-refractivity contribution in [2.75, 3.05) is 0 Å². The third-order valence-electron chi connectivity index (χ3n) is 2.87. The quantitative estimate of drug-likeness (QED) is 0.528. The van der Waals surface area contributed by atoms with E-state index in [-0.39, 0.29) is 0 Å². The van der Waals surface area contributed by atoms with E-state index in [1.54, 1.807) is 6.20 Å². The summed E-state index contributed by atoms with van der Waals surface area (Å²) in [5.41, 5.74) is 4.25. The van der Waals surface area contributed by atoms with Crippen molar-refractivity contribution >= 4 is 22.2 Å². The molecule has 86 valence electrons. The summed E-state index contributed by atoms with van der Waals surface area (Å²) in [6, 6.07) is 9.64. The van der Waals surface area contributed by atoms with Crippen LogP contribution in [0.15, 0.2) is 36.5 Å². The molecular weight excluding hydrogens is 228 g/mol. The molecule has 0 unspecified atom stereocenters. The van der Waals surface area contributed by atoms with Crippen LogP contribution >= 0.6 is 0 Å². The van der Waals surface area contributed by atoms with Crippen molar-refractivity contribution in [1.29, 1.82) is 0 Å². The van der Waals surface area contributed by atoms with E-state index in [0.29, 0.717) is 5.65 Å². The van der Waals surface area contributed by atoms with Gasteiger partial charge in [-0.3, -0.25) is 5.10 Å². The van der Waals surface area contributed by atoms with E-state index in [4.69, 9.17) is 0 Å². The van der Waals surface area contributed by atoms with Crippen molar-refractivity contribution in [1.82, 2.24) is 30.4 Å². The van der Waals surface area contributed by atoms with Gasteiger partial charge in [0.2, 0.25) is 0 Å². The van der Waals surface area contributed by atoms with Crippen LogP contribution in [0.25, 0.3) is 33.6 Å². The lowest BCUT2D eigenvalue weighted by molar-refractivity contribution is 0.959. The highest BCUT2D eigenvalue weighted by Gasteiger charge is 2.10. The van der Waals surface area contributed by atoms with Gasteiger partial charge in [0.25, 0.3) is 0 Å². The number of nitrogens with zero attached hydrogens (tertiary/aromatic N) is 4. The Bertz CT molecular complexity index is 811. The molecular formula is C12H8N6. The summed E-state index contributed by atoms with van der Waals surface area (Å²) >= 11 is 0. The lowest BCUT2D eigenvalue weighted by Gasteiger charge is -1.96. The molecule has 0 saturated carbocycles. The fraction of sp³-hybridized carbons (Fsp3) is 0. The smallest absolute Gasteiger partial charge is 0.178 e. The fourth-order valence-electron chi connectivity index (χ4n) is 2.04. The number of rotatable bonds is 1. The van der Waals surface area contributed by atoms with E-state index < -0.39 is 0 Å². The minimum absolute atomic E-state index is 0.706. The third-order valence-corrected chi connectivity index (χ3v) is 2.87. The van der Waals surface area contributed by atoms with Gasteiger partial charge in [0, 0.05) is 11.8 Å². The molecule has 0 atom stereocenters. The molecule has 18 heavy (non-hydrogen) atoms. The zero-order valence-corrected chi connectivity index (χ0v) is 9.25. The van der Waals surface area contributed by atoms with Crippen LogP contribution in [0.5, 0.6) is 0 Å². The van der Waals surface area contributed by atoms with Crippen LogP contribution in [0.4, 0.5) is 0 Å². The number of imidazole rings is 1. The number of aromatic nitrogens is 6. The highest BCUT2D eigenvalue weighted by Crippen LogP contribution is 2.24. The fourth-order valence-corrected chi connectivity index (χ4v) is 2.04. The normalized spacial score (nSPS) is 11.3. The molecule has 0 saturated heterocycles. The van der Waals surface area contributed by atoms with Crippen LogP contribution < -0.4 is 0 Å². The Morgan fingerprint density at radius 1 is 1.06 bits per heavy atom. The largest absolute Gasteiger partial charge is 0.337 e. The molecule has 0 aliphatic carbocycles. The minimum Gasteiger partial charge on any atom is -0.337 e. The SMILES string of the molecule is c1cc(-c2nc3ncccc3[nH]2)c2[nH]nnc2c1. The monoisotopic (exact) mass is 236 g/mol. The molecule has 6 heteroatoms. The lowest BCUT2D eigenvalue weighted by atomic mass is 10.2. The first-order valence-electron chi connectivity index (χ1n) is 5.53. The number of fused-ring (bicyclic) bond motifs is 2. The molecule has 0 bridgehead atoms. The van der Waals surface area contributed by atoms with Gasteiger partial charge in [0.1, 0.15) is 11.3 Å². The molecule has 4 rings (SSSR count). The first-order valence-corrected chi connectivity index (χ1v) is 5.53. The van der Waals surface area contributed by atoms with Gasteiger partial charge < -0.3 is 4.98 Å². The van der Waals surface area contributed by atoms with Crippen LogP contribution in [0, 0.1) is 0 Å². The third kappa shape index (κ3) is 1.22. The van der Waals surface area contributed by atoms with Crippen molar-refractivity contribution < 1.29 is 0 Å². The van der Waals surface area contributed by atoms with Crippen LogP contribution in [0.1, 0.15) is 0 Å². The average molecular weight is 236 g/mol. The molecule has 4 aromatic rings. The maximum atomic E-state index is 4.47. The average Bonchev–Trinajstić information content (AvgIpc) is 3.04. The molecule has 0 spiro atoms. The highest BCUT2D eigenvalue weighted by atomic mass is 15.3. The predicted molar refractivity (Wildman–Crippen MR) is 66.8 cm³/mol. The van der Waals surface area contributed by atoms with E-state index in [9.17, 15) is 0 Å². The minimum atomic E-state index is 0.706. The zero-order chi connectivity index (χ0) is 11.9. The molecule has 3 aromatic heterocycles. The van der Waals surface area contributed by atoms with Gasteiger partial charge in [-0.1, -0.05) is 11.3 Å². The Balaban J connectivity index is 2.04. The Labute approximate surface area is 101 Å². The van der Waals surface area contributed by atoms with E-state index in [2.05, 4.69) is 30.4 Å². The summed E-state index contributed by atoms with van der Waals surface area (Å²) < 4.78 is 0. The predicted octanol–water partition coefficient (Wildman–Crippen LogP) is 1.90. The maximum absolute atomic E-state index is 4.47. The molecule has 0 radical (unpaired) electrons. The Morgan fingerprint density at radius 2 is 2.06 bits per heavy atom. The van der Waals surface area contributed by atoms with E-state index in [1.807, 2.05) is 30.3 Å². The summed E-state index contributed by atoms with van der Waals surface area (Å²) in [6.07, 6.45) is 1.73. The molecule has 2 N–H and O–H groups in total. The number of hydrogen-bond donors (Lipinski definition) is 2. The van der Waals surface area contributed by atoms with Gasteiger partial charge in [-0.05, 0) is 24.3 Å². The number of para-hydroxylation sites is 1. The van der Waals surface area contributed by atoms with Gasteiger partial charge in [-0.2, -0.15) is 0 Å². The van der Waals surface area contributed by atoms with Gasteiger partial charge in [-0.15, -0.1) is 5.10 Å². The number of pyridine rings is 1. The molecule has 0 aliphatic rings. The first kappa shape index (κ1) is 9.29. The van der Waals surface area contributed by atoms with Gasteiger partial charge in [0.15, 0.2) is 5.65 Å². The summed E-state index contributed by atoms with van der Waals surface area (Å²) in [7, 11) is 0. The van der Waals surface area contributed by atoms with Gasteiger partial charge >= 0.3 is 0 Å². The topological polar surface area (TPSA) is 83.1 Å². The lowest BCUT2D eigenvalue weighted by Crippen LogP contribution is -1.82. The number of hydrogen-bond acceptors (Lipinski definition) is 4. The second-order valence-electron chi connectivity index (χ2n) is 3.97. The van der Waals surface area contributed by atoms with Crippen molar-refractivity contribution in [2.45, 2.75) is 0 Å². The van der Waals surface area contributed by atoms with Crippen molar-refractivity contribution in [3.8, 4) is 11.4 Å². The van der Waals surface area contributed by atoms with Crippen LogP contribution in [-0.2, 0) is 0 Å². The van der Waals surface area contributed by atoms with Crippen molar-refractivity contribution in [3.05, 3.63) is 36.5 Å². The van der Waals surface area contributed by atoms with Gasteiger partial charge in [0.05, 0.1) is 11.0 Å². The number of benzene rings is 1. The maximum Gasteiger partial charge on any atom is 0.178 e. The second kappa shape index (κ2) is 3.36. The molecule has 0 amide bonds. The van der Waals surface area contributed by atoms with E-state index in [0.717, 1.165) is 27.9 Å². The molecule has 3 heterocycles. The number of nitrogens with one attached hydrogen (secondary N) is 2. The molecule has 6 nitrogen and oxygen atoms in total. The Hall–Kier alpha value is -2.76. The first-order chi connectivity index (χ1) is 8.92. The molecule has 0 aliphatic heterocycles. The molecule has 0 fully saturated rings. The molecule has 1 aromatic carbocycles. The van der Waals surface area contributed by atoms with Crippen molar-refractivity contribution in [3.63, 3.8) is 0 Å². The van der Waals surface area contributed by atoms with Crippen LogP contribution in [0.3, 0.4) is 0 Å². The van der Waals surface area contributed by atoms with E-state index >= 15 is 0 Å². The standard InChI is InChI=1S/C12H8N6/c1-3-7(10-8(4-1)16-18-17-10)11-14-9-5-2-6-13-12(9)15-11/h1-6H,(H,13,14,15)(H,16,17,18). The summed E-state index contributed by atoms with van der Waals surface area (Å²) in [4.78, 5) is 11.9. The second-order valence-corrected chi connectivity index (χ2v) is 3.97. The van der Waals surface area contributed by atoms with E-state index in [1.165, 1.54) is 0 Å². The number of H-pyrrole nitrogens is 2. The number of aromatic amines is 2. The van der Waals surface area contributed by atoms with Crippen molar-refractivity contribution in [2.24, 2.45) is 0 Å². The summed E-state index contributed by atoms with van der Waals surface area (Å²) in [6.45, 7) is 0. The summed E-state index contributed by atoms with van der Waals surface area (Å²) in [5, 5.41) is 10.7. The van der Waals surface area contributed by atoms with Gasteiger partial charge in [-0.25, -0.2) is 9.97 Å². The van der Waals surface area contributed by atoms with Crippen LogP contribution in [0.2, 0.25) is 0 Å². The Morgan fingerprint density at radius 3 is 3.00 bits per heavy atom.